The van der Waals surface area contributed by atoms with Crippen LogP contribution in [0.15, 0.2) is 54.6 Å². The largest absolute Gasteiger partial charge is 0.494 e. The molecular formula is C24H25NO4S. The van der Waals surface area contributed by atoms with Gasteiger partial charge in [-0.1, -0.05) is 48.0 Å². The van der Waals surface area contributed by atoms with Crippen LogP contribution in [-0.2, 0) is 9.53 Å². The molecule has 0 saturated carbocycles. The van der Waals surface area contributed by atoms with Gasteiger partial charge in [0, 0.05) is 16.9 Å². The Kier molecular flexibility index (Phi) is 7.25. The van der Waals surface area contributed by atoms with Crippen molar-refractivity contribution in [3.05, 3.63) is 70.6 Å². The third-order valence-electron chi connectivity index (χ3n) is 4.63. The third kappa shape index (κ3) is 5.27. The molecule has 0 bridgehead atoms. The average Bonchev–Trinajstić information content (AvgIpc) is 3.08. The van der Waals surface area contributed by atoms with E-state index in [9.17, 15) is 9.59 Å². The molecule has 0 atom stereocenters. The monoisotopic (exact) mass is 423 g/mol. The van der Waals surface area contributed by atoms with Gasteiger partial charge < -0.3 is 14.8 Å². The van der Waals surface area contributed by atoms with E-state index in [1.54, 1.807) is 0 Å². The highest BCUT2D eigenvalue weighted by molar-refractivity contribution is 7.17. The molecule has 6 heteroatoms. The summed E-state index contributed by atoms with van der Waals surface area (Å²) in [7, 11) is 1.35. The summed E-state index contributed by atoms with van der Waals surface area (Å²) in [6.45, 7) is 4.40. The lowest BCUT2D eigenvalue weighted by Crippen LogP contribution is -2.14. The number of nitrogens with one attached hydrogen (secondary N) is 1. The first-order chi connectivity index (χ1) is 14.5. The zero-order chi connectivity index (χ0) is 21.5. The van der Waals surface area contributed by atoms with Crippen LogP contribution >= 0.6 is 11.3 Å². The van der Waals surface area contributed by atoms with Crippen molar-refractivity contribution >= 4 is 28.2 Å². The standard InChI is InChI=1S/C24H25NO4S/c1-16-11-13-19(14-12-16)29-15-7-10-20(26)25-23-22(24(27)28-3)21(17(2)30-23)18-8-5-4-6-9-18/h4-6,8-9,11-14H,7,10,15H2,1-3H3,(H,25,26). The summed E-state index contributed by atoms with van der Waals surface area (Å²) in [5.74, 6) is 0.167. The number of hydrogen-bond acceptors (Lipinski definition) is 5. The number of hydrogen-bond donors (Lipinski definition) is 1. The molecule has 1 amide bonds. The quantitative estimate of drug-likeness (QED) is 0.377. The van der Waals surface area contributed by atoms with Crippen LogP contribution in [0.4, 0.5) is 5.00 Å². The normalized spacial score (nSPS) is 10.5. The minimum Gasteiger partial charge on any atom is -0.494 e. The van der Waals surface area contributed by atoms with Crippen LogP contribution in [0.2, 0.25) is 0 Å². The van der Waals surface area contributed by atoms with Gasteiger partial charge in [-0.25, -0.2) is 4.79 Å². The molecule has 156 valence electrons. The maximum Gasteiger partial charge on any atom is 0.341 e. The van der Waals surface area contributed by atoms with E-state index in [1.807, 2.05) is 68.4 Å². The maximum atomic E-state index is 12.5. The molecule has 30 heavy (non-hydrogen) atoms. The molecule has 0 saturated heterocycles. The molecule has 1 N–H and O–H groups in total. The van der Waals surface area contributed by atoms with E-state index in [0.717, 1.165) is 21.8 Å². The van der Waals surface area contributed by atoms with Crippen molar-refractivity contribution in [2.24, 2.45) is 0 Å². The molecule has 2 aromatic carbocycles. The zero-order valence-electron chi connectivity index (χ0n) is 17.4. The predicted molar refractivity (Wildman–Crippen MR) is 120 cm³/mol. The number of thiophene rings is 1. The van der Waals surface area contributed by atoms with Gasteiger partial charge in [0.25, 0.3) is 0 Å². The molecule has 0 aliphatic heterocycles. The molecule has 0 aliphatic carbocycles. The fourth-order valence-electron chi connectivity index (χ4n) is 3.13. The highest BCUT2D eigenvalue weighted by atomic mass is 32.1. The van der Waals surface area contributed by atoms with Crippen molar-refractivity contribution in [1.29, 1.82) is 0 Å². The minimum atomic E-state index is -0.462. The highest BCUT2D eigenvalue weighted by Gasteiger charge is 2.24. The third-order valence-corrected chi connectivity index (χ3v) is 5.65. The Bertz CT molecular complexity index is 1010. The van der Waals surface area contributed by atoms with Gasteiger partial charge in [-0.05, 0) is 38.0 Å². The van der Waals surface area contributed by atoms with Gasteiger partial charge in [0.15, 0.2) is 0 Å². The smallest absolute Gasteiger partial charge is 0.341 e. The summed E-state index contributed by atoms with van der Waals surface area (Å²) in [5.41, 5.74) is 3.28. The number of benzene rings is 2. The lowest BCUT2D eigenvalue weighted by molar-refractivity contribution is -0.116. The van der Waals surface area contributed by atoms with Crippen molar-refractivity contribution in [1.82, 2.24) is 0 Å². The van der Waals surface area contributed by atoms with Crippen LogP contribution in [0.1, 0.15) is 33.6 Å². The van der Waals surface area contributed by atoms with E-state index in [2.05, 4.69) is 5.32 Å². The molecular weight excluding hydrogens is 398 g/mol. The first kappa shape index (κ1) is 21.6. The fraction of sp³-hybridized carbons (Fsp3) is 0.250. The lowest BCUT2D eigenvalue weighted by Gasteiger charge is -2.09. The minimum absolute atomic E-state index is 0.159. The Morgan fingerprint density at radius 1 is 1.00 bits per heavy atom. The number of amides is 1. The Morgan fingerprint density at radius 3 is 2.37 bits per heavy atom. The molecule has 0 fully saturated rings. The van der Waals surface area contributed by atoms with E-state index in [4.69, 9.17) is 9.47 Å². The molecule has 5 nitrogen and oxygen atoms in total. The molecule has 0 aliphatic rings. The predicted octanol–water partition coefficient (Wildman–Crippen LogP) is 5.62. The van der Waals surface area contributed by atoms with Crippen molar-refractivity contribution in [3.8, 4) is 16.9 Å². The van der Waals surface area contributed by atoms with Crippen LogP contribution in [0, 0.1) is 13.8 Å². The summed E-state index contributed by atoms with van der Waals surface area (Å²) in [4.78, 5) is 25.9. The molecule has 1 aromatic heterocycles. The summed E-state index contributed by atoms with van der Waals surface area (Å²) in [5, 5.41) is 3.40. The van der Waals surface area contributed by atoms with Gasteiger partial charge in [0.2, 0.25) is 5.91 Å². The van der Waals surface area contributed by atoms with Gasteiger partial charge in [0.05, 0.1) is 13.7 Å². The van der Waals surface area contributed by atoms with Crippen LogP contribution in [0.5, 0.6) is 5.75 Å². The number of anilines is 1. The van der Waals surface area contributed by atoms with Gasteiger partial charge >= 0.3 is 5.97 Å². The number of methoxy groups -OCH3 is 1. The SMILES string of the molecule is COC(=O)c1c(NC(=O)CCCOc2ccc(C)cc2)sc(C)c1-c1ccccc1. The van der Waals surface area contributed by atoms with Crippen molar-refractivity contribution < 1.29 is 19.1 Å². The Labute approximate surface area is 180 Å². The average molecular weight is 424 g/mol. The van der Waals surface area contributed by atoms with Gasteiger partial charge in [-0.2, -0.15) is 0 Å². The second-order valence-corrected chi connectivity index (χ2v) is 8.13. The first-order valence-corrected chi connectivity index (χ1v) is 10.6. The first-order valence-electron chi connectivity index (χ1n) is 9.76. The number of carbonyl (C=O) groups is 2. The second-order valence-electron chi connectivity index (χ2n) is 6.91. The van der Waals surface area contributed by atoms with Gasteiger partial charge in [-0.15, -0.1) is 11.3 Å². The summed E-state index contributed by atoms with van der Waals surface area (Å²) in [6.07, 6.45) is 0.868. The highest BCUT2D eigenvalue weighted by Crippen LogP contribution is 2.40. The maximum absolute atomic E-state index is 12.5. The van der Waals surface area contributed by atoms with Crippen molar-refractivity contribution in [2.45, 2.75) is 26.7 Å². The Morgan fingerprint density at radius 2 is 1.70 bits per heavy atom. The second kappa shape index (κ2) is 10.1. The van der Waals surface area contributed by atoms with E-state index < -0.39 is 5.97 Å². The summed E-state index contributed by atoms with van der Waals surface area (Å²) < 4.78 is 10.7. The fourth-order valence-corrected chi connectivity index (χ4v) is 4.21. The van der Waals surface area contributed by atoms with Crippen molar-refractivity contribution in [3.63, 3.8) is 0 Å². The summed E-state index contributed by atoms with van der Waals surface area (Å²) >= 11 is 1.38. The summed E-state index contributed by atoms with van der Waals surface area (Å²) in [6, 6.07) is 17.4. The van der Waals surface area contributed by atoms with E-state index in [1.165, 1.54) is 24.0 Å². The number of ether oxygens (including phenoxy) is 2. The van der Waals surface area contributed by atoms with E-state index >= 15 is 0 Å². The van der Waals surface area contributed by atoms with Crippen LogP contribution in [0.25, 0.3) is 11.1 Å². The van der Waals surface area contributed by atoms with Crippen molar-refractivity contribution in [2.75, 3.05) is 19.0 Å². The number of aryl methyl sites for hydroxylation is 2. The lowest BCUT2D eigenvalue weighted by atomic mass is 10.0. The topological polar surface area (TPSA) is 64.6 Å². The number of esters is 1. The molecule has 3 aromatic rings. The van der Waals surface area contributed by atoms with Crippen LogP contribution in [0.3, 0.4) is 0 Å². The van der Waals surface area contributed by atoms with Gasteiger partial charge in [-0.3, -0.25) is 4.79 Å². The molecule has 0 radical (unpaired) electrons. The van der Waals surface area contributed by atoms with E-state index in [-0.39, 0.29) is 5.91 Å². The number of carbonyl (C=O) groups excluding carboxylic acids is 2. The van der Waals surface area contributed by atoms with Crippen LogP contribution in [-0.4, -0.2) is 25.6 Å². The zero-order valence-corrected chi connectivity index (χ0v) is 18.2. The molecule has 1 heterocycles. The molecule has 3 rings (SSSR count). The Hall–Kier alpha value is -3.12. The van der Waals surface area contributed by atoms with Gasteiger partial charge in [0.1, 0.15) is 16.3 Å². The number of rotatable bonds is 8. The Balaban J connectivity index is 1.66. The molecule has 0 unspecified atom stereocenters. The van der Waals surface area contributed by atoms with E-state index in [0.29, 0.717) is 30.0 Å². The molecule has 0 spiro atoms. The van der Waals surface area contributed by atoms with Crippen LogP contribution < -0.4 is 10.1 Å².